The molecule has 0 aliphatic carbocycles. The van der Waals surface area contributed by atoms with Crippen LogP contribution in [-0.4, -0.2) is 207 Å². The fraction of sp³-hybridized carbons (Fsp3) is 0.300. The maximum absolute atomic E-state index is 13.2. The van der Waals surface area contributed by atoms with Crippen LogP contribution < -0.4 is 40.6 Å². The van der Waals surface area contributed by atoms with Crippen molar-refractivity contribution < 1.29 is 110 Å². The number of anilines is 2. The van der Waals surface area contributed by atoms with Crippen LogP contribution in [0.5, 0.6) is 34.5 Å². The zero-order valence-electron chi connectivity index (χ0n) is 72.6. The number of ether oxygens (including phenoxy) is 10. The number of carboxylic acids is 1. The molecule has 31 nitrogen and oxygen atoms in total. The number of Topliss-reactive ketones (excluding diaryl/α,β-unsaturated/α-hetero) is 3. The normalized spacial score (nSPS) is 14.4. The summed E-state index contributed by atoms with van der Waals surface area (Å²) in [5.74, 6) is -1.78. The number of carboxylic acid groups (broad SMARTS) is 1. The molecule has 0 bridgehead atoms. The number of carbonyl (C=O) groups is 12. The van der Waals surface area contributed by atoms with E-state index in [1.807, 2.05) is 129 Å². The number of aryl methyl sites for hydroxylation is 3. The number of rotatable bonds is 46. The number of nitrogens with two attached hydrogens (primary N) is 1. The highest BCUT2D eigenvalue weighted by molar-refractivity contribution is 6.26. The molecule has 4 aliphatic heterocycles. The number of benzene rings is 8. The van der Waals surface area contributed by atoms with Crippen molar-refractivity contribution in [2.24, 2.45) is 0 Å². The molecule has 2 aromatic heterocycles. The summed E-state index contributed by atoms with van der Waals surface area (Å²) in [7, 11) is 0. The third-order valence-corrected chi connectivity index (χ3v) is 21.0. The van der Waals surface area contributed by atoms with Gasteiger partial charge in [-0.15, -0.1) is 0 Å². The Morgan fingerprint density at radius 3 is 1.30 bits per heavy atom. The highest BCUT2D eigenvalue weighted by atomic mass is 16.6. The van der Waals surface area contributed by atoms with Crippen LogP contribution in [0.25, 0.3) is 0 Å². The molecule has 2 fully saturated rings. The van der Waals surface area contributed by atoms with E-state index < -0.39 is 65.3 Å². The van der Waals surface area contributed by atoms with Crippen LogP contribution in [0.15, 0.2) is 219 Å². The zero-order chi connectivity index (χ0) is 92.4. The first-order valence-corrected chi connectivity index (χ1v) is 43.0. The molecular formula is C100H102N8O23. The largest absolute Gasteiger partial charge is 0.491 e. The number of aromatic carboxylic acids is 1. The lowest BCUT2D eigenvalue weighted by Crippen LogP contribution is -2.54. The highest BCUT2D eigenvalue weighted by Crippen LogP contribution is 2.35. The molecule has 14 rings (SSSR count). The molecule has 0 spiro atoms. The molecule has 8 amide bonds. The van der Waals surface area contributed by atoms with Crippen LogP contribution in [0.4, 0.5) is 11.4 Å². The number of hydrogen-bond acceptors (Lipinski definition) is 26. The fourth-order valence-corrected chi connectivity index (χ4v) is 14.7. The Morgan fingerprint density at radius 1 is 0.412 bits per heavy atom. The van der Waals surface area contributed by atoms with Crippen LogP contribution in [0.1, 0.15) is 139 Å². The second-order valence-corrected chi connectivity index (χ2v) is 31.0. The summed E-state index contributed by atoms with van der Waals surface area (Å²) in [6, 6.07) is 59.2. The van der Waals surface area contributed by atoms with E-state index in [1.54, 1.807) is 91.1 Å². The Hall–Kier alpha value is -14.3. The molecule has 31 heteroatoms. The Labute approximate surface area is 756 Å². The van der Waals surface area contributed by atoms with Gasteiger partial charge in [-0.3, -0.25) is 78.2 Å². The summed E-state index contributed by atoms with van der Waals surface area (Å²) < 4.78 is 56.4. The highest BCUT2D eigenvalue weighted by Gasteiger charge is 2.47. The lowest BCUT2D eigenvalue weighted by molar-refractivity contribution is -0.137. The zero-order valence-corrected chi connectivity index (χ0v) is 72.6. The molecule has 4 aliphatic rings. The van der Waals surface area contributed by atoms with Gasteiger partial charge in [-0.25, -0.2) is 9.78 Å². The van der Waals surface area contributed by atoms with E-state index in [0.29, 0.717) is 183 Å². The predicted octanol–water partition coefficient (Wildman–Crippen LogP) is 11.9. The van der Waals surface area contributed by atoms with Crippen molar-refractivity contribution in [3.05, 3.63) is 297 Å². The molecule has 0 saturated carbocycles. The van der Waals surface area contributed by atoms with Crippen LogP contribution in [-0.2, 0) is 95.7 Å². The first kappa shape index (κ1) is 95.8. The number of amides is 8. The number of ketones is 3. The van der Waals surface area contributed by atoms with Gasteiger partial charge in [0.25, 0.3) is 23.6 Å². The van der Waals surface area contributed by atoms with Crippen LogP contribution in [0.3, 0.4) is 0 Å². The lowest BCUT2D eigenvalue weighted by atomic mass is 9.99. The number of hydrogen-bond donors (Lipinski definition) is 5. The number of fused-ring (bicyclic) bond motifs is 2. The lowest BCUT2D eigenvalue weighted by Gasteiger charge is -2.27. The van der Waals surface area contributed by atoms with Crippen molar-refractivity contribution in [2.75, 3.05) is 110 Å². The summed E-state index contributed by atoms with van der Waals surface area (Å²) in [5.41, 5.74) is 15.7. The van der Waals surface area contributed by atoms with Crippen molar-refractivity contribution in [1.29, 1.82) is 0 Å². The predicted molar refractivity (Wildman–Crippen MR) is 480 cm³/mol. The molecule has 6 N–H and O–H groups in total. The van der Waals surface area contributed by atoms with Crippen LogP contribution in [0, 0.1) is 13.8 Å². The minimum atomic E-state index is -1.11. The van der Waals surface area contributed by atoms with E-state index in [2.05, 4.69) is 25.9 Å². The molecule has 8 aromatic carbocycles. The smallest absolute Gasteiger partial charge is 0.354 e. The van der Waals surface area contributed by atoms with Gasteiger partial charge in [0, 0.05) is 94.0 Å². The quantitative estimate of drug-likeness (QED) is 0.0102. The second-order valence-electron chi connectivity index (χ2n) is 31.0. The van der Waals surface area contributed by atoms with Crippen molar-refractivity contribution in [3.63, 3.8) is 0 Å². The number of nitrogens with one attached hydrogen (secondary N) is 3. The maximum atomic E-state index is 13.2. The number of imide groups is 4. The van der Waals surface area contributed by atoms with E-state index in [9.17, 15) is 57.5 Å². The number of nitrogen functional groups attached to an aromatic ring is 1. The second kappa shape index (κ2) is 48.7. The summed E-state index contributed by atoms with van der Waals surface area (Å²) in [5, 5.41) is 16.5. The Morgan fingerprint density at radius 2 is 0.817 bits per heavy atom. The van der Waals surface area contributed by atoms with Crippen molar-refractivity contribution in [3.8, 4) is 34.5 Å². The Balaban J connectivity index is 0.000000198. The van der Waals surface area contributed by atoms with Gasteiger partial charge >= 0.3 is 5.97 Å². The van der Waals surface area contributed by atoms with E-state index in [-0.39, 0.29) is 77.5 Å². The molecule has 6 heterocycles. The van der Waals surface area contributed by atoms with Gasteiger partial charge in [0.1, 0.15) is 77.1 Å². The summed E-state index contributed by atoms with van der Waals surface area (Å²) in [4.78, 5) is 159. The molecule has 10 aromatic rings. The first-order valence-electron chi connectivity index (χ1n) is 43.0. The minimum absolute atomic E-state index is 0.0544. The minimum Gasteiger partial charge on any atom is -0.491 e. The van der Waals surface area contributed by atoms with Gasteiger partial charge in [-0.05, 0) is 164 Å². The monoisotopic (exact) mass is 1780 g/mol. The van der Waals surface area contributed by atoms with E-state index in [1.165, 1.54) is 12.3 Å². The third-order valence-electron chi connectivity index (χ3n) is 21.0. The van der Waals surface area contributed by atoms with Gasteiger partial charge in [0.2, 0.25) is 23.6 Å². The van der Waals surface area contributed by atoms with E-state index in [0.717, 1.165) is 60.1 Å². The SMILES string of the molecule is Cc1cccc(CC(=O)Cc2ccc(Oc3ccnc(C(=O)Cc4ccc(OCCOCCOCCOCCNc5cccc6c5C(=O)N(C5CCC(=O)NC5=O)C6=O)cc4)c3)cc2)c1.Cc1cccc(CC(=O)Cc2ccc(Oc3ccnc(C(=O)O)c3)cc2)c1.Nc1ccc(OCCOCCOCCOCCCc2cccc3c2C(=O)N(C2CCC(=O)NC2=O)C3=O)cc1. The standard InChI is InChI=1S/C50H50N4O11.C28H33N3O8.C22H19NO4/c1-33-4-2-5-36(28-33)30-37(55)29-34-10-14-39(15-11-34)65-40-18-19-51-43(32-40)45(56)31-35-8-12-38(13-9-35)64-27-26-63-25-24-62-23-22-61-21-20-52-42-7-3-6-41-47(42)50(60)54(49(41)59)44-16-17-46(57)53-48(44)58;29-20-6-8-21(9-7-20)39-18-17-38-16-15-37-14-13-36-12-2-4-19-3-1-5-22-25(19)28(35)31(27(22)34)23-10-11-24(32)30-26(23)33;1-15-3-2-4-17(11-15)13-18(24)12-16-5-7-19(8-6-16)27-20-9-10-23-21(14-20)22(25)26/h2-15,18-19,28,32,44,52H,16-17,20-27,29-31H2,1H3,(H,53,57,58);1,3,5-9,23H,2,4,10-18,29H2,(H,30,32,33);2-11,14H,12-13H2,1H3,(H,25,26). The topological polar surface area (TPSA) is 412 Å². The first-order chi connectivity index (χ1) is 63.5. The van der Waals surface area contributed by atoms with Crippen molar-refractivity contribution in [1.82, 2.24) is 30.4 Å². The van der Waals surface area contributed by atoms with Crippen LogP contribution in [0.2, 0.25) is 0 Å². The van der Waals surface area contributed by atoms with Crippen molar-refractivity contribution in [2.45, 2.75) is 96.6 Å². The maximum Gasteiger partial charge on any atom is 0.354 e. The number of piperidine rings is 2. The number of carbonyl (C=O) groups excluding carboxylic acids is 11. The number of aromatic nitrogens is 2. The van der Waals surface area contributed by atoms with Gasteiger partial charge in [0.05, 0.1) is 94.9 Å². The molecule has 2 unspecified atom stereocenters. The molecule has 680 valence electrons. The summed E-state index contributed by atoms with van der Waals surface area (Å²) >= 11 is 0. The fourth-order valence-electron chi connectivity index (χ4n) is 14.7. The summed E-state index contributed by atoms with van der Waals surface area (Å²) in [6.45, 7) is 9.94. The average molecular weight is 1780 g/mol. The number of pyridine rings is 2. The average Bonchev–Trinajstić information content (AvgIpc) is 1.61. The van der Waals surface area contributed by atoms with Gasteiger partial charge in [-0.2, -0.15) is 0 Å². The van der Waals surface area contributed by atoms with Crippen molar-refractivity contribution >= 4 is 82.0 Å². The van der Waals surface area contributed by atoms with Gasteiger partial charge in [0.15, 0.2) is 11.5 Å². The molecular weight excluding hydrogens is 1680 g/mol. The Kier molecular flexibility index (Phi) is 35.6. The number of nitrogens with zero attached hydrogens (tertiary/aromatic N) is 4. The van der Waals surface area contributed by atoms with Gasteiger partial charge in [-0.1, -0.05) is 114 Å². The van der Waals surface area contributed by atoms with E-state index in [4.69, 9.17) is 58.2 Å². The molecule has 2 saturated heterocycles. The van der Waals surface area contributed by atoms with Gasteiger partial charge < -0.3 is 63.5 Å². The third kappa shape index (κ3) is 28.8. The van der Waals surface area contributed by atoms with Crippen LogP contribution >= 0.6 is 0 Å². The molecule has 131 heavy (non-hydrogen) atoms. The Bertz CT molecular complexity index is 5690. The summed E-state index contributed by atoms with van der Waals surface area (Å²) in [6.07, 6.45) is 6.12. The molecule has 0 radical (unpaired) electrons. The molecule has 2 atom stereocenters. The van der Waals surface area contributed by atoms with E-state index >= 15 is 0 Å².